The highest BCUT2D eigenvalue weighted by Gasteiger charge is 2.17. The predicted octanol–water partition coefficient (Wildman–Crippen LogP) is 0.578. The number of hydrogen-bond donors (Lipinski definition) is 3. The van der Waals surface area contributed by atoms with Crippen LogP contribution in [0.4, 0.5) is 5.69 Å². The Labute approximate surface area is 139 Å². The first-order valence-corrected chi connectivity index (χ1v) is 7.57. The van der Waals surface area contributed by atoms with Gasteiger partial charge in [-0.2, -0.15) is 5.10 Å². The Balaban J connectivity index is 1.91. The van der Waals surface area contributed by atoms with Gasteiger partial charge in [0.1, 0.15) is 11.5 Å². The fourth-order valence-corrected chi connectivity index (χ4v) is 2.26. The SMILES string of the molecule is COc1ccc(CCNC(=O)C2=NNC(=O)CC2)cc1NC(C)=O. The lowest BCUT2D eigenvalue weighted by molar-refractivity contribution is -0.121. The number of anilines is 1. The molecular weight excluding hydrogens is 312 g/mol. The summed E-state index contributed by atoms with van der Waals surface area (Å²) in [5, 5.41) is 9.22. The van der Waals surface area contributed by atoms with Crippen LogP contribution >= 0.6 is 0 Å². The van der Waals surface area contributed by atoms with E-state index in [1.165, 1.54) is 14.0 Å². The number of nitrogens with zero attached hydrogens (tertiary/aromatic N) is 1. The number of nitrogens with one attached hydrogen (secondary N) is 3. The molecule has 3 amide bonds. The van der Waals surface area contributed by atoms with Gasteiger partial charge in [-0.1, -0.05) is 6.07 Å². The minimum atomic E-state index is -0.286. The molecule has 1 aliphatic heterocycles. The van der Waals surface area contributed by atoms with Gasteiger partial charge in [0.2, 0.25) is 11.8 Å². The van der Waals surface area contributed by atoms with Crippen molar-refractivity contribution >= 4 is 29.1 Å². The van der Waals surface area contributed by atoms with E-state index in [9.17, 15) is 14.4 Å². The summed E-state index contributed by atoms with van der Waals surface area (Å²) >= 11 is 0. The standard InChI is InChI=1S/C16H20N4O4/c1-10(21)18-13-9-11(3-5-14(13)24-2)7-8-17-16(23)12-4-6-15(22)20-19-12/h3,5,9H,4,6-8H2,1-2H3,(H,17,23)(H,18,21)(H,20,22). The number of carbonyl (C=O) groups excluding carboxylic acids is 3. The highest BCUT2D eigenvalue weighted by atomic mass is 16.5. The molecular formula is C16H20N4O4. The predicted molar refractivity (Wildman–Crippen MR) is 88.8 cm³/mol. The lowest BCUT2D eigenvalue weighted by Crippen LogP contribution is -2.37. The van der Waals surface area contributed by atoms with Crippen LogP contribution in [-0.4, -0.2) is 37.1 Å². The number of rotatable bonds is 6. The quantitative estimate of drug-likeness (QED) is 0.708. The summed E-state index contributed by atoms with van der Waals surface area (Å²) in [6.07, 6.45) is 1.19. The summed E-state index contributed by atoms with van der Waals surface area (Å²) in [5.74, 6) is -0.0812. The number of amides is 3. The maximum absolute atomic E-state index is 11.9. The molecule has 0 fully saturated rings. The summed E-state index contributed by atoms with van der Waals surface area (Å²) in [6.45, 7) is 1.84. The first-order valence-electron chi connectivity index (χ1n) is 7.57. The molecule has 1 aromatic carbocycles. The summed E-state index contributed by atoms with van der Waals surface area (Å²) in [5.41, 5.74) is 4.15. The van der Waals surface area contributed by atoms with Gasteiger partial charge in [-0.25, -0.2) is 5.43 Å². The molecule has 1 heterocycles. The Morgan fingerprint density at radius 1 is 1.33 bits per heavy atom. The van der Waals surface area contributed by atoms with Crippen LogP contribution in [0, 0.1) is 0 Å². The minimum Gasteiger partial charge on any atom is -0.495 e. The second-order valence-corrected chi connectivity index (χ2v) is 5.32. The molecule has 0 spiro atoms. The topological polar surface area (TPSA) is 109 Å². The van der Waals surface area contributed by atoms with Crippen molar-refractivity contribution in [2.24, 2.45) is 5.10 Å². The van der Waals surface area contributed by atoms with Crippen molar-refractivity contribution < 1.29 is 19.1 Å². The van der Waals surface area contributed by atoms with Gasteiger partial charge in [0.15, 0.2) is 0 Å². The van der Waals surface area contributed by atoms with Gasteiger partial charge in [-0.3, -0.25) is 14.4 Å². The Kier molecular flexibility index (Phi) is 5.89. The monoisotopic (exact) mass is 332 g/mol. The molecule has 0 saturated heterocycles. The molecule has 1 aromatic rings. The molecule has 0 aromatic heterocycles. The number of carbonyl (C=O) groups is 3. The van der Waals surface area contributed by atoms with Crippen molar-refractivity contribution in [2.45, 2.75) is 26.2 Å². The summed E-state index contributed by atoms with van der Waals surface area (Å²) < 4.78 is 5.20. The number of hydrazone groups is 1. The molecule has 24 heavy (non-hydrogen) atoms. The molecule has 0 aliphatic carbocycles. The molecule has 0 atom stereocenters. The zero-order valence-electron chi connectivity index (χ0n) is 13.6. The Morgan fingerprint density at radius 2 is 2.12 bits per heavy atom. The zero-order chi connectivity index (χ0) is 17.5. The van der Waals surface area contributed by atoms with Gasteiger partial charge in [-0.15, -0.1) is 0 Å². The maximum Gasteiger partial charge on any atom is 0.267 e. The number of methoxy groups -OCH3 is 1. The van der Waals surface area contributed by atoms with E-state index in [1.54, 1.807) is 6.07 Å². The Morgan fingerprint density at radius 3 is 2.75 bits per heavy atom. The first-order chi connectivity index (χ1) is 11.5. The molecule has 128 valence electrons. The van der Waals surface area contributed by atoms with Gasteiger partial charge < -0.3 is 15.4 Å². The van der Waals surface area contributed by atoms with Gasteiger partial charge >= 0.3 is 0 Å². The van der Waals surface area contributed by atoms with E-state index in [0.717, 1.165) is 5.56 Å². The average molecular weight is 332 g/mol. The van der Waals surface area contributed by atoms with Crippen LogP contribution in [-0.2, 0) is 20.8 Å². The van der Waals surface area contributed by atoms with Crippen molar-refractivity contribution in [3.8, 4) is 5.75 Å². The molecule has 1 aliphatic rings. The molecule has 0 radical (unpaired) electrons. The molecule has 3 N–H and O–H groups in total. The van der Waals surface area contributed by atoms with Gasteiger partial charge in [0.05, 0.1) is 12.8 Å². The van der Waals surface area contributed by atoms with Crippen LogP contribution in [0.5, 0.6) is 5.75 Å². The summed E-state index contributed by atoms with van der Waals surface area (Å²) in [6, 6.07) is 5.45. The molecule has 0 bridgehead atoms. The maximum atomic E-state index is 11.9. The van der Waals surface area contributed by atoms with E-state index in [0.29, 0.717) is 36.5 Å². The molecule has 2 rings (SSSR count). The molecule has 0 unspecified atom stereocenters. The highest BCUT2D eigenvalue weighted by molar-refractivity contribution is 6.39. The fourth-order valence-electron chi connectivity index (χ4n) is 2.26. The van der Waals surface area contributed by atoms with Crippen molar-refractivity contribution in [3.63, 3.8) is 0 Å². The third-order valence-electron chi connectivity index (χ3n) is 3.44. The van der Waals surface area contributed by atoms with Gasteiger partial charge in [0.25, 0.3) is 5.91 Å². The zero-order valence-corrected chi connectivity index (χ0v) is 13.6. The Hall–Kier alpha value is -2.90. The van der Waals surface area contributed by atoms with Crippen molar-refractivity contribution in [2.75, 3.05) is 19.0 Å². The van der Waals surface area contributed by atoms with Gasteiger partial charge in [-0.05, 0) is 24.1 Å². The normalized spacial score (nSPS) is 13.6. The number of benzene rings is 1. The molecule has 8 heteroatoms. The summed E-state index contributed by atoms with van der Waals surface area (Å²) in [4.78, 5) is 34.2. The van der Waals surface area contributed by atoms with E-state index in [2.05, 4.69) is 21.2 Å². The van der Waals surface area contributed by atoms with Crippen LogP contribution in [0.3, 0.4) is 0 Å². The van der Waals surface area contributed by atoms with E-state index in [1.807, 2.05) is 12.1 Å². The van der Waals surface area contributed by atoms with Gasteiger partial charge in [0, 0.05) is 26.3 Å². The fraction of sp³-hybridized carbons (Fsp3) is 0.375. The molecule has 0 saturated carbocycles. The molecule has 8 nitrogen and oxygen atoms in total. The van der Waals surface area contributed by atoms with Crippen LogP contribution < -0.4 is 20.8 Å². The van der Waals surface area contributed by atoms with Crippen LogP contribution in [0.25, 0.3) is 0 Å². The highest BCUT2D eigenvalue weighted by Crippen LogP contribution is 2.25. The van der Waals surface area contributed by atoms with Crippen molar-refractivity contribution in [3.05, 3.63) is 23.8 Å². The van der Waals surface area contributed by atoms with Crippen LogP contribution in [0.2, 0.25) is 0 Å². The smallest absolute Gasteiger partial charge is 0.267 e. The van der Waals surface area contributed by atoms with Crippen molar-refractivity contribution in [1.29, 1.82) is 0 Å². The second-order valence-electron chi connectivity index (χ2n) is 5.32. The van der Waals surface area contributed by atoms with E-state index in [4.69, 9.17) is 4.74 Å². The van der Waals surface area contributed by atoms with E-state index in [-0.39, 0.29) is 24.1 Å². The lowest BCUT2D eigenvalue weighted by Gasteiger charge is -2.13. The average Bonchev–Trinajstić information content (AvgIpc) is 2.55. The Bertz CT molecular complexity index is 685. The second kappa shape index (κ2) is 8.09. The largest absolute Gasteiger partial charge is 0.495 e. The van der Waals surface area contributed by atoms with E-state index >= 15 is 0 Å². The third-order valence-corrected chi connectivity index (χ3v) is 3.44. The lowest BCUT2D eigenvalue weighted by atomic mass is 10.1. The minimum absolute atomic E-state index is 0.184. The number of ether oxygens (including phenoxy) is 1. The third kappa shape index (κ3) is 4.80. The first kappa shape index (κ1) is 17.5. The van der Waals surface area contributed by atoms with Crippen molar-refractivity contribution in [1.82, 2.24) is 10.7 Å². The summed E-state index contributed by atoms with van der Waals surface area (Å²) in [7, 11) is 1.53. The van der Waals surface area contributed by atoms with Crippen LogP contribution in [0.15, 0.2) is 23.3 Å². The number of hydrogen-bond acceptors (Lipinski definition) is 5. The van der Waals surface area contributed by atoms with E-state index < -0.39 is 0 Å². The van der Waals surface area contributed by atoms with Crippen LogP contribution in [0.1, 0.15) is 25.3 Å².